The SMILES string of the molecule is CC1=C(CO[Si](C)(C)C(C)C)C(=O)O[C@@H]([C@@H](C)[C@H]2CC[C@H]3[C@@H]4C[C@H]5O[C@]56C(=O)C=CC(=O)[C@]6(C)[C@H]4CC[C@]23C)C1. The van der Waals surface area contributed by atoms with Crippen LogP contribution in [0.2, 0.25) is 18.6 Å². The maximum Gasteiger partial charge on any atom is 0.336 e. The number of carbonyl (C=O) groups is 3. The molecule has 40 heavy (non-hydrogen) atoms. The Kier molecular flexibility index (Phi) is 6.57. The Morgan fingerprint density at radius 1 is 1.02 bits per heavy atom. The van der Waals surface area contributed by atoms with Crippen LogP contribution in [-0.2, 0) is 28.3 Å². The average molecular weight is 569 g/mol. The number of hydrogen-bond acceptors (Lipinski definition) is 6. The van der Waals surface area contributed by atoms with Crippen LogP contribution >= 0.6 is 0 Å². The van der Waals surface area contributed by atoms with Gasteiger partial charge in [0.1, 0.15) is 6.10 Å². The van der Waals surface area contributed by atoms with Crippen LogP contribution in [0.5, 0.6) is 0 Å². The van der Waals surface area contributed by atoms with E-state index in [4.69, 9.17) is 13.9 Å². The molecule has 2 heterocycles. The van der Waals surface area contributed by atoms with Gasteiger partial charge in [-0.25, -0.2) is 4.79 Å². The Morgan fingerprint density at radius 3 is 2.40 bits per heavy atom. The molecule has 2 aliphatic heterocycles. The molecule has 1 spiro atoms. The summed E-state index contributed by atoms with van der Waals surface area (Å²) in [6, 6.07) is 0. The van der Waals surface area contributed by atoms with E-state index in [1.165, 1.54) is 12.2 Å². The number of ether oxygens (including phenoxy) is 2. The molecule has 7 heteroatoms. The number of cyclic esters (lactones) is 1. The lowest BCUT2D eigenvalue weighted by Crippen LogP contribution is -2.62. The molecule has 0 unspecified atom stereocenters. The van der Waals surface area contributed by atoms with Crippen LogP contribution in [0.1, 0.15) is 80.1 Å². The van der Waals surface area contributed by atoms with E-state index in [1.54, 1.807) is 0 Å². The summed E-state index contributed by atoms with van der Waals surface area (Å²) in [6.07, 6.45) is 8.62. The second kappa shape index (κ2) is 9.21. The predicted molar refractivity (Wildman–Crippen MR) is 155 cm³/mol. The molecule has 3 saturated carbocycles. The summed E-state index contributed by atoms with van der Waals surface area (Å²) in [5.41, 5.74) is 0.779. The van der Waals surface area contributed by atoms with Crippen molar-refractivity contribution in [1.29, 1.82) is 0 Å². The molecule has 4 aliphatic carbocycles. The first-order valence-electron chi connectivity index (χ1n) is 15.7. The van der Waals surface area contributed by atoms with Crippen molar-refractivity contribution in [3.63, 3.8) is 0 Å². The predicted octanol–water partition coefficient (Wildman–Crippen LogP) is 6.20. The van der Waals surface area contributed by atoms with Crippen molar-refractivity contribution in [2.75, 3.05) is 6.61 Å². The Hall–Kier alpha value is -1.57. The maximum absolute atomic E-state index is 13.4. The lowest BCUT2D eigenvalue weighted by Gasteiger charge is -2.57. The molecule has 0 N–H and O–H groups in total. The molecule has 6 aliphatic rings. The number of allylic oxidation sites excluding steroid dienone is 1. The molecule has 220 valence electrons. The highest BCUT2D eigenvalue weighted by Gasteiger charge is 2.80. The largest absolute Gasteiger partial charge is 0.458 e. The number of hydrogen-bond donors (Lipinski definition) is 0. The fraction of sp³-hybridized carbons (Fsp3) is 0.788. The van der Waals surface area contributed by atoms with Crippen molar-refractivity contribution in [1.82, 2.24) is 0 Å². The van der Waals surface area contributed by atoms with Crippen LogP contribution in [0.15, 0.2) is 23.3 Å². The number of esters is 1. The Bertz CT molecular complexity index is 1200. The van der Waals surface area contributed by atoms with Gasteiger partial charge in [-0.1, -0.05) is 33.3 Å². The van der Waals surface area contributed by atoms with E-state index in [0.717, 1.165) is 44.1 Å². The monoisotopic (exact) mass is 568 g/mol. The van der Waals surface area contributed by atoms with Gasteiger partial charge >= 0.3 is 5.97 Å². The van der Waals surface area contributed by atoms with Crippen LogP contribution in [0.3, 0.4) is 0 Å². The van der Waals surface area contributed by atoms with Gasteiger partial charge in [-0.2, -0.15) is 0 Å². The fourth-order valence-corrected chi connectivity index (χ4v) is 10.8. The van der Waals surface area contributed by atoms with E-state index in [2.05, 4.69) is 47.7 Å². The zero-order valence-corrected chi connectivity index (χ0v) is 26.7. The first-order chi connectivity index (χ1) is 18.7. The molecule has 0 amide bonds. The van der Waals surface area contributed by atoms with Gasteiger partial charge < -0.3 is 13.9 Å². The van der Waals surface area contributed by atoms with Crippen molar-refractivity contribution < 1.29 is 28.3 Å². The van der Waals surface area contributed by atoms with E-state index >= 15 is 0 Å². The first-order valence-corrected chi connectivity index (χ1v) is 18.7. The lowest BCUT2D eigenvalue weighted by molar-refractivity contribution is -0.155. The van der Waals surface area contributed by atoms with Gasteiger partial charge in [0, 0.05) is 6.42 Å². The summed E-state index contributed by atoms with van der Waals surface area (Å²) in [4.78, 5) is 39.6. The number of carbonyl (C=O) groups excluding carboxylic acids is 3. The average Bonchev–Trinajstić information content (AvgIpc) is 3.52. The molecule has 0 bridgehead atoms. The number of ketones is 2. The highest BCUT2D eigenvalue weighted by Crippen LogP contribution is 2.72. The zero-order chi connectivity index (χ0) is 29.0. The minimum Gasteiger partial charge on any atom is -0.458 e. The van der Waals surface area contributed by atoms with Crippen molar-refractivity contribution in [2.45, 2.75) is 117 Å². The summed E-state index contributed by atoms with van der Waals surface area (Å²) in [5, 5.41) is 0. The van der Waals surface area contributed by atoms with E-state index in [1.807, 2.05) is 6.92 Å². The molecule has 4 fully saturated rings. The van der Waals surface area contributed by atoms with Gasteiger partial charge in [0.25, 0.3) is 0 Å². The molecule has 6 nitrogen and oxygen atoms in total. The molecule has 6 rings (SSSR count). The molecular formula is C33H48O6Si. The fourth-order valence-electron chi connectivity index (χ4n) is 9.92. The quantitative estimate of drug-likeness (QED) is 0.216. The highest BCUT2D eigenvalue weighted by atomic mass is 28.4. The van der Waals surface area contributed by atoms with E-state index in [9.17, 15) is 14.4 Å². The number of rotatable bonds is 6. The van der Waals surface area contributed by atoms with Gasteiger partial charge in [-0.3, -0.25) is 9.59 Å². The van der Waals surface area contributed by atoms with E-state index in [-0.39, 0.29) is 47.0 Å². The van der Waals surface area contributed by atoms with Crippen LogP contribution in [0, 0.1) is 40.4 Å². The van der Waals surface area contributed by atoms with Crippen molar-refractivity contribution in [3.8, 4) is 0 Å². The third kappa shape index (κ3) is 3.75. The van der Waals surface area contributed by atoms with Gasteiger partial charge in [0.15, 0.2) is 25.5 Å². The third-order valence-corrected chi connectivity index (χ3v) is 16.9. The topological polar surface area (TPSA) is 82.2 Å². The van der Waals surface area contributed by atoms with Crippen LogP contribution in [0.25, 0.3) is 0 Å². The highest BCUT2D eigenvalue weighted by molar-refractivity contribution is 6.72. The minimum absolute atomic E-state index is 0.00766. The Morgan fingerprint density at radius 2 is 1.73 bits per heavy atom. The third-order valence-electron chi connectivity index (χ3n) is 13.2. The van der Waals surface area contributed by atoms with Crippen LogP contribution in [0.4, 0.5) is 0 Å². The molecule has 0 aromatic rings. The summed E-state index contributed by atoms with van der Waals surface area (Å²) >= 11 is 0. The smallest absolute Gasteiger partial charge is 0.336 e. The van der Waals surface area contributed by atoms with Gasteiger partial charge in [0.05, 0.1) is 23.7 Å². The normalized spacial score (nSPS) is 45.1. The second-order valence-corrected chi connectivity index (χ2v) is 19.9. The minimum atomic E-state index is -1.85. The lowest BCUT2D eigenvalue weighted by atomic mass is 9.44. The molecule has 0 aromatic heterocycles. The molecule has 10 atom stereocenters. The maximum atomic E-state index is 13.4. The van der Waals surface area contributed by atoms with Gasteiger partial charge in [-0.05, 0) is 112 Å². The van der Waals surface area contributed by atoms with E-state index < -0.39 is 19.3 Å². The standard InChI is InChI=1S/C33H48O6Si/c1-18(2)40(7,8)37-17-22-19(3)15-26(38-30(22)36)20(4)23-9-10-24-21-16-29-33(39-29)28(35)12-11-27(34)32(33,6)25(21)13-14-31(23,24)5/h11-12,18,20-21,23-26,29H,9-10,13-17H2,1-8H3/t20-,21-,23+,24-,25-,26+,29+,31+,32-,33+/m0/s1. The molecule has 0 aromatic carbocycles. The first kappa shape index (κ1) is 28.5. The number of epoxide rings is 1. The zero-order valence-electron chi connectivity index (χ0n) is 25.7. The van der Waals surface area contributed by atoms with Gasteiger partial charge in [0.2, 0.25) is 0 Å². The molecule has 1 saturated heterocycles. The summed E-state index contributed by atoms with van der Waals surface area (Å²) in [6.45, 7) is 18.0. The van der Waals surface area contributed by atoms with Crippen molar-refractivity contribution in [3.05, 3.63) is 23.3 Å². The summed E-state index contributed by atoms with van der Waals surface area (Å²) in [5.74, 6) is 1.64. The molecular weight excluding hydrogens is 520 g/mol. The van der Waals surface area contributed by atoms with Crippen molar-refractivity contribution in [2.24, 2.45) is 40.4 Å². The summed E-state index contributed by atoms with van der Waals surface area (Å²) in [7, 11) is -1.85. The summed E-state index contributed by atoms with van der Waals surface area (Å²) < 4.78 is 18.7. The van der Waals surface area contributed by atoms with Gasteiger partial charge in [-0.15, -0.1) is 0 Å². The van der Waals surface area contributed by atoms with Crippen LogP contribution < -0.4 is 0 Å². The van der Waals surface area contributed by atoms with Crippen LogP contribution in [-0.4, -0.2) is 50.3 Å². The van der Waals surface area contributed by atoms with E-state index in [0.29, 0.717) is 35.5 Å². The Balaban J connectivity index is 1.19. The second-order valence-electron chi connectivity index (χ2n) is 15.3. The number of fused-ring (bicyclic) bond motifs is 4. The molecule has 0 radical (unpaired) electrons. The van der Waals surface area contributed by atoms with Crippen molar-refractivity contribution >= 4 is 25.9 Å². The Labute approximate surface area is 240 Å².